The first kappa shape index (κ1) is 14.3. The van der Waals surface area contributed by atoms with Crippen LogP contribution in [0.5, 0.6) is 0 Å². The van der Waals surface area contributed by atoms with Crippen molar-refractivity contribution in [2.75, 3.05) is 6.54 Å². The molecule has 3 heterocycles. The highest BCUT2D eigenvalue weighted by Gasteiger charge is 2.33. The first-order valence-corrected chi connectivity index (χ1v) is 7.14. The third-order valence-electron chi connectivity index (χ3n) is 3.79. The van der Waals surface area contributed by atoms with E-state index in [1.807, 2.05) is 19.1 Å². The van der Waals surface area contributed by atoms with Crippen LogP contribution in [0, 0.1) is 6.92 Å². The zero-order valence-electron chi connectivity index (χ0n) is 12.2. The third-order valence-corrected chi connectivity index (χ3v) is 3.79. The van der Waals surface area contributed by atoms with E-state index < -0.39 is 5.97 Å². The van der Waals surface area contributed by atoms with Crippen LogP contribution in [0.25, 0.3) is 0 Å². The van der Waals surface area contributed by atoms with Crippen LogP contribution in [0.3, 0.4) is 0 Å². The normalized spacial score (nSPS) is 17.7. The molecule has 1 aliphatic heterocycles. The van der Waals surface area contributed by atoms with Gasteiger partial charge in [0.2, 0.25) is 0 Å². The van der Waals surface area contributed by atoms with E-state index in [1.54, 1.807) is 4.90 Å². The Bertz CT molecular complexity index is 722. The second-order valence-corrected chi connectivity index (χ2v) is 5.32. The lowest BCUT2D eigenvalue weighted by atomic mass is 10.1. The lowest BCUT2D eigenvalue weighted by molar-refractivity contribution is 0.0688. The number of aromatic carboxylic acids is 1. The van der Waals surface area contributed by atoms with Gasteiger partial charge in [-0.25, -0.2) is 9.78 Å². The van der Waals surface area contributed by atoms with Crippen LogP contribution in [0.1, 0.15) is 51.4 Å². The average molecular weight is 300 g/mol. The van der Waals surface area contributed by atoms with Gasteiger partial charge < -0.3 is 14.4 Å². The van der Waals surface area contributed by atoms with Gasteiger partial charge in [-0.05, 0) is 44.0 Å². The molecule has 1 amide bonds. The van der Waals surface area contributed by atoms with Gasteiger partial charge in [0.1, 0.15) is 22.9 Å². The highest BCUT2D eigenvalue weighted by Crippen LogP contribution is 2.33. The lowest BCUT2D eigenvalue weighted by Crippen LogP contribution is -2.31. The number of hydrogen-bond acceptors (Lipinski definition) is 4. The maximum Gasteiger partial charge on any atom is 0.354 e. The van der Waals surface area contributed by atoms with Gasteiger partial charge in [-0.15, -0.1) is 0 Å². The number of carboxylic acid groups (broad SMARTS) is 1. The summed E-state index contributed by atoms with van der Waals surface area (Å²) < 4.78 is 5.64. The standard InChI is InChI=1S/C16H16N2O4/c1-10-7-8-14(22-10)13-6-3-9-18(13)15(19)11-4-2-5-12(17-11)16(20)21/h2,4-5,7-8,13H,3,6,9H2,1H3,(H,20,21). The number of carboxylic acids is 1. The second kappa shape index (κ2) is 5.63. The summed E-state index contributed by atoms with van der Waals surface area (Å²) in [6.07, 6.45) is 1.71. The molecule has 0 spiro atoms. The summed E-state index contributed by atoms with van der Waals surface area (Å²) >= 11 is 0. The molecule has 6 nitrogen and oxygen atoms in total. The molecule has 114 valence electrons. The minimum absolute atomic E-state index is 0.114. The Labute approximate surface area is 127 Å². The van der Waals surface area contributed by atoms with Crippen LogP contribution in [-0.2, 0) is 0 Å². The molecule has 1 fully saturated rings. The summed E-state index contributed by atoms with van der Waals surface area (Å²) in [5, 5.41) is 8.99. The van der Waals surface area contributed by atoms with Crippen molar-refractivity contribution in [2.45, 2.75) is 25.8 Å². The van der Waals surface area contributed by atoms with Crippen molar-refractivity contribution in [1.29, 1.82) is 0 Å². The van der Waals surface area contributed by atoms with E-state index in [0.29, 0.717) is 6.54 Å². The van der Waals surface area contributed by atoms with Crippen LogP contribution >= 0.6 is 0 Å². The number of pyridine rings is 1. The van der Waals surface area contributed by atoms with Crippen molar-refractivity contribution in [3.63, 3.8) is 0 Å². The number of carbonyl (C=O) groups excluding carboxylic acids is 1. The molecule has 0 aliphatic carbocycles. The van der Waals surface area contributed by atoms with Crippen molar-refractivity contribution in [1.82, 2.24) is 9.88 Å². The summed E-state index contributed by atoms with van der Waals surface area (Å²) in [5.74, 6) is 0.159. The SMILES string of the molecule is Cc1ccc(C2CCCN2C(=O)c2cccc(C(=O)O)n2)o1. The van der Waals surface area contributed by atoms with Crippen molar-refractivity contribution < 1.29 is 19.1 Å². The van der Waals surface area contributed by atoms with E-state index in [4.69, 9.17) is 9.52 Å². The Morgan fingerprint density at radius 1 is 1.27 bits per heavy atom. The highest BCUT2D eigenvalue weighted by atomic mass is 16.4. The molecule has 1 atom stereocenters. The van der Waals surface area contributed by atoms with E-state index in [9.17, 15) is 9.59 Å². The molecule has 1 N–H and O–H groups in total. The molecule has 1 saturated heterocycles. The maximum atomic E-state index is 12.6. The van der Waals surface area contributed by atoms with E-state index >= 15 is 0 Å². The number of carbonyl (C=O) groups is 2. The minimum Gasteiger partial charge on any atom is -0.477 e. The molecule has 1 aliphatic rings. The summed E-state index contributed by atoms with van der Waals surface area (Å²) in [5.41, 5.74) is 0.0190. The molecule has 6 heteroatoms. The predicted molar refractivity (Wildman–Crippen MR) is 77.7 cm³/mol. The van der Waals surface area contributed by atoms with Crippen molar-refractivity contribution in [2.24, 2.45) is 0 Å². The van der Waals surface area contributed by atoms with Gasteiger partial charge in [0.25, 0.3) is 5.91 Å². The van der Waals surface area contributed by atoms with Crippen LogP contribution < -0.4 is 0 Å². The Kier molecular flexibility index (Phi) is 3.66. The molecule has 2 aromatic heterocycles. The Morgan fingerprint density at radius 3 is 2.73 bits per heavy atom. The lowest BCUT2D eigenvalue weighted by Gasteiger charge is -2.22. The van der Waals surface area contributed by atoms with Crippen LogP contribution in [0.2, 0.25) is 0 Å². The quantitative estimate of drug-likeness (QED) is 0.942. The van der Waals surface area contributed by atoms with E-state index in [1.165, 1.54) is 18.2 Å². The highest BCUT2D eigenvalue weighted by molar-refractivity contribution is 5.94. The molecule has 0 bridgehead atoms. The Balaban J connectivity index is 1.87. The fourth-order valence-corrected chi connectivity index (χ4v) is 2.76. The van der Waals surface area contributed by atoms with E-state index in [2.05, 4.69) is 4.98 Å². The zero-order valence-corrected chi connectivity index (χ0v) is 12.2. The average Bonchev–Trinajstić information content (AvgIpc) is 3.15. The van der Waals surface area contributed by atoms with Gasteiger partial charge in [0, 0.05) is 6.54 Å². The monoisotopic (exact) mass is 300 g/mol. The number of aromatic nitrogens is 1. The molecule has 2 aromatic rings. The smallest absolute Gasteiger partial charge is 0.354 e. The van der Waals surface area contributed by atoms with Gasteiger partial charge >= 0.3 is 5.97 Å². The first-order chi connectivity index (χ1) is 10.6. The second-order valence-electron chi connectivity index (χ2n) is 5.32. The van der Waals surface area contributed by atoms with E-state index in [-0.39, 0.29) is 23.3 Å². The molecule has 0 saturated carbocycles. The largest absolute Gasteiger partial charge is 0.477 e. The van der Waals surface area contributed by atoms with Crippen molar-refractivity contribution >= 4 is 11.9 Å². The topological polar surface area (TPSA) is 83.6 Å². The van der Waals surface area contributed by atoms with Gasteiger partial charge in [-0.2, -0.15) is 0 Å². The number of aryl methyl sites for hydroxylation is 1. The third kappa shape index (κ3) is 2.59. The molecule has 1 unspecified atom stereocenters. The van der Waals surface area contributed by atoms with Crippen LogP contribution in [-0.4, -0.2) is 33.4 Å². The molecule has 0 aromatic carbocycles. The molecule has 0 radical (unpaired) electrons. The van der Waals surface area contributed by atoms with Gasteiger partial charge in [0.05, 0.1) is 6.04 Å². The molecular weight excluding hydrogens is 284 g/mol. The zero-order chi connectivity index (χ0) is 15.7. The first-order valence-electron chi connectivity index (χ1n) is 7.14. The van der Waals surface area contributed by atoms with Crippen LogP contribution in [0.15, 0.2) is 34.7 Å². The summed E-state index contributed by atoms with van der Waals surface area (Å²) in [6, 6.07) is 8.09. The number of hydrogen-bond donors (Lipinski definition) is 1. The fourth-order valence-electron chi connectivity index (χ4n) is 2.76. The van der Waals surface area contributed by atoms with Gasteiger partial charge in [0.15, 0.2) is 0 Å². The molecule has 22 heavy (non-hydrogen) atoms. The maximum absolute atomic E-state index is 12.6. The fraction of sp³-hybridized carbons (Fsp3) is 0.312. The Morgan fingerprint density at radius 2 is 2.05 bits per heavy atom. The van der Waals surface area contributed by atoms with Crippen molar-refractivity contribution in [3.05, 3.63) is 53.2 Å². The van der Waals surface area contributed by atoms with E-state index in [0.717, 1.165) is 24.4 Å². The number of likely N-dealkylation sites (tertiary alicyclic amines) is 1. The Hall–Kier alpha value is -2.63. The number of furan rings is 1. The molecular formula is C16H16N2O4. The number of amides is 1. The van der Waals surface area contributed by atoms with Gasteiger partial charge in [-0.3, -0.25) is 4.79 Å². The number of rotatable bonds is 3. The predicted octanol–water partition coefficient (Wildman–Crippen LogP) is 2.66. The number of nitrogens with zero attached hydrogens (tertiary/aromatic N) is 2. The van der Waals surface area contributed by atoms with Gasteiger partial charge in [-0.1, -0.05) is 6.07 Å². The van der Waals surface area contributed by atoms with Crippen LogP contribution in [0.4, 0.5) is 0 Å². The summed E-state index contributed by atoms with van der Waals surface area (Å²) in [6.45, 7) is 2.48. The summed E-state index contributed by atoms with van der Waals surface area (Å²) in [7, 11) is 0. The molecule has 3 rings (SSSR count). The summed E-state index contributed by atoms with van der Waals surface area (Å²) in [4.78, 5) is 29.3. The minimum atomic E-state index is -1.14. The van der Waals surface area contributed by atoms with Crippen molar-refractivity contribution in [3.8, 4) is 0 Å².